The molecule has 6 heteroatoms. The number of hydrogen-bond donors (Lipinski definition) is 1. The average molecular weight is 256 g/mol. The molecule has 0 radical (unpaired) electrons. The van der Waals surface area contributed by atoms with E-state index in [1.165, 1.54) is 6.42 Å². The van der Waals surface area contributed by atoms with Gasteiger partial charge in [0.2, 0.25) is 0 Å². The SMILES string of the molecule is CCCCOCCn1cnc(CNCCOC)n1. The molecule has 1 N–H and O–H groups in total. The molecule has 0 unspecified atom stereocenters. The topological polar surface area (TPSA) is 61.2 Å². The fourth-order valence-electron chi connectivity index (χ4n) is 1.40. The van der Waals surface area contributed by atoms with E-state index in [4.69, 9.17) is 9.47 Å². The Hall–Kier alpha value is -0.980. The van der Waals surface area contributed by atoms with Crippen molar-refractivity contribution in [2.45, 2.75) is 32.9 Å². The summed E-state index contributed by atoms with van der Waals surface area (Å²) in [5.74, 6) is 0.805. The van der Waals surface area contributed by atoms with E-state index in [0.29, 0.717) is 19.8 Å². The van der Waals surface area contributed by atoms with Crippen LogP contribution in [0.15, 0.2) is 6.33 Å². The van der Waals surface area contributed by atoms with Gasteiger partial charge in [-0.25, -0.2) is 4.98 Å². The Morgan fingerprint density at radius 3 is 3.00 bits per heavy atom. The van der Waals surface area contributed by atoms with E-state index in [2.05, 4.69) is 22.3 Å². The number of methoxy groups -OCH3 is 1. The van der Waals surface area contributed by atoms with Gasteiger partial charge >= 0.3 is 0 Å². The molecule has 0 aliphatic rings. The highest BCUT2D eigenvalue weighted by atomic mass is 16.5. The van der Waals surface area contributed by atoms with Crippen LogP contribution in [0.2, 0.25) is 0 Å². The third-order valence-electron chi connectivity index (χ3n) is 2.46. The monoisotopic (exact) mass is 256 g/mol. The molecule has 1 aromatic heterocycles. The van der Waals surface area contributed by atoms with Gasteiger partial charge in [0, 0.05) is 20.3 Å². The Balaban J connectivity index is 2.10. The minimum Gasteiger partial charge on any atom is -0.383 e. The summed E-state index contributed by atoms with van der Waals surface area (Å²) in [7, 11) is 1.69. The van der Waals surface area contributed by atoms with Crippen molar-refractivity contribution in [3.8, 4) is 0 Å². The maximum absolute atomic E-state index is 5.48. The molecular weight excluding hydrogens is 232 g/mol. The molecule has 1 aromatic rings. The van der Waals surface area contributed by atoms with Gasteiger partial charge in [-0.1, -0.05) is 13.3 Å². The predicted molar refractivity (Wildman–Crippen MR) is 69.3 cm³/mol. The van der Waals surface area contributed by atoms with Crippen LogP contribution in [0.5, 0.6) is 0 Å². The fourth-order valence-corrected chi connectivity index (χ4v) is 1.40. The number of ether oxygens (including phenoxy) is 2. The van der Waals surface area contributed by atoms with E-state index in [9.17, 15) is 0 Å². The first-order valence-corrected chi connectivity index (χ1v) is 6.52. The predicted octanol–water partition coefficient (Wildman–Crippen LogP) is 0.831. The summed E-state index contributed by atoms with van der Waals surface area (Å²) in [4.78, 5) is 4.22. The summed E-state index contributed by atoms with van der Waals surface area (Å²) in [6, 6.07) is 0. The Bertz CT molecular complexity index is 304. The third kappa shape index (κ3) is 6.68. The van der Waals surface area contributed by atoms with Crippen LogP contribution in [0.4, 0.5) is 0 Å². The highest BCUT2D eigenvalue weighted by molar-refractivity contribution is 4.80. The summed E-state index contributed by atoms with van der Waals surface area (Å²) in [5, 5.41) is 7.55. The zero-order valence-electron chi connectivity index (χ0n) is 11.4. The normalized spacial score (nSPS) is 11.0. The second kappa shape index (κ2) is 9.99. The molecule has 0 aliphatic carbocycles. The molecule has 18 heavy (non-hydrogen) atoms. The lowest BCUT2D eigenvalue weighted by Gasteiger charge is -2.03. The van der Waals surface area contributed by atoms with Crippen molar-refractivity contribution in [1.82, 2.24) is 20.1 Å². The van der Waals surface area contributed by atoms with Crippen LogP contribution in [0.1, 0.15) is 25.6 Å². The number of rotatable bonds is 11. The fraction of sp³-hybridized carbons (Fsp3) is 0.833. The van der Waals surface area contributed by atoms with Gasteiger partial charge < -0.3 is 14.8 Å². The number of nitrogens with one attached hydrogen (secondary N) is 1. The van der Waals surface area contributed by atoms with E-state index in [0.717, 1.165) is 31.9 Å². The Labute approximate surface area is 109 Å². The van der Waals surface area contributed by atoms with Crippen molar-refractivity contribution in [2.75, 3.05) is 33.5 Å². The smallest absolute Gasteiger partial charge is 0.164 e. The molecule has 0 aromatic carbocycles. The number of unbranched alkanes of at least 4 members (excludes halogenated alkanes) is 1. The Morgan fingerprint density at radius 1 is 1.33 bits per heavy atom. The molecular formula is C12H24N4O2. The van der Waals surface area contributed by atoms with Gasteiger partial charge in [0.15, 0.2) is 5.82 Å². The number of hydrogen-bond acceptors (Lipinski definition) is 5. The maximum atomic E-state index is 5.48. The molecule has 1 rings (SSSR count). The molecule has 1 heterocycles. The molecule has 0 saturated carbocycles. The van der Waals surface area contributed by atoms with Gasteiger partial charge in [-0.05, 0) is 6.42 Å². The van der Waals surface area contributed by atoms with Crippen LogP contribution < -0.4 is 5.32 Å². The van der Waals surface area contributed by atoms with Crippen molar-refractivity contribution >= 4 is 0 Å². The van der Waals surface area contributed by atoms with Crippen molar-refractivity contribution in [2.24, 2.45) is 0 Å². The van der Waals surface area contributed by atoms with Crippen molar-refractivity contribution < 1.29 is 9.47 Å². The molecule has 0 fully saturated rings. The van der Waals surface area contributed by atoms with E-state index in [1.807, 2.05) is 4.68 Å². The molecule has 0 spiro atoms. The first-order chi connectivity index (χ1) is 8.86. The first-order valence-electron chi connectivity index (χ1n) is 6.52. The summed E-state index contributed by atoms with van der Waals surface area (Å²) < 4.78 is 12.2. The highest BCUT2D eigenvalue weighted by Crippen LogP contribution is 1.92. The maximum Gasteiger partial charge on any atom is 0.164 e. The van der Waals surface area contributed by atoms with Crippen molar-refractivity contribution in [3.63, 3.8) is 0 Å². The lowest BCUT2D eigenvalue weighted by atomic mass is 10.4. The second-order valence-electron chi connectivity index (χ2n) is 4.06. The Kier molecular flexibility index (Phi) is 8.37. The van der Waals surface area contributed by atoms with Crippen LogP contribution in [-0.2, 0) is 22.6 Å². The van der Waals surface area contributed by atoms with Crippen LogP contribution in [0.25, 0.3) is 0 Å². The summed E-state index contributed by atoms with van der Waals surface area (Å²) >= 11 is 0. The number of nitrogens with zero attached hydrogens (tertiary/aromatic N) is 3. The van der Waals surface area contributed by atoms with E-state index in [1.54, 1.807) is 13.4 Å². The largest absolute Gasteiger partial charge is 0.383 e. The zero-order chi connectivity index (χ0) is 13.1. The van der Waals surface area contributed by atoms with Gasteiger partial charge in [0.05, 0.1) is 26.3 Å². The van der Waals surface area contributed by atoms with Gasteiger partial charge in [-0.15, -0.1) is 0 Å². The zero-order valence-corrected chi connectivity index (χ0v) is 11.4. The molecule has 0 saturated heterocycles. The molecule has 0 atom stereocenters. The molecule has 6 nitrogen and oxygen atoms in total. The summed E-state index contributed by atoms with van der Waals surface area (Å²) in [6.45, 7) is 6.62. The summed E-state index contributed by atoms with van der Waals surface area (Å²) in [5.41, 5.74) is 0. The number of aromatic nitrogens is 3. The van der Waals surface area contributed by atoms with E-state index >= 15 is 0 Å². The van der Waals surface area contributed by atoms with Crippen molar-refractivity contribution in [1.29, 1.82) is 0 Å². The van der Waals surface area contributed by atoms with E-state index in [-0.39, 0.29) is 0 Å². The second-order valence-corrected chi connectivity index (χ2v) is 4.06. The lowest BCUT2D eigenvalue weighted by molar-refractivity contribution is 0.121. The Morgan fingerprint density at radius 2 is 2.22 bits per heavy atom. The molecule has 0 amide bonds. The van der Waals surface area contributed by atoms with Gasteiger partial charge in [-0.3, -0.25) is 4.68 Å². The van der Waals surface area contributed by atoms with Crippen LogP contribution >= 0.6 is 0 Å². The minimum atomic E-state index is 0.674. The molecule has 0 aliphatic heterocycles. The van der Waals surface area contributed by atoms with Crippen LogP contribution in [0.3, 0.4) is 0 Å². The van der Waals surface area contributed by atoms with E-state index < -0.39 is 0 Å². The van der Waals surface area contributed by atoms with Gasteiger partial charge in [0.1, 0.15) is 6.33 Å². The lowest BCUT2D eigenvalue weighted by Crippen LogP contribution is -2.19. The first kappa shape index (κ1) is 15.1. The van der Waals surface area contributed by atoms with Crippen LogP contribution in [-0.4, -0.2) is 48.2 Å². The third-order valence-corrected chi connectivity index (χ3v) is 2.46. The standard InChI is InChI=1S/C12H24N4O2/c1-3-4-7-18-9-6-16-11-14-12(15-16)10-13-5-8-17-2/h11,13H,3-10H2,1-2H3. The minimum absolute atomic E-state index is 0.674. The van der Waals surface area contributed by atoms with Crippen molar-refractivity contribution in [3.05, 3.63) is 12.2 Å². The van der Waals surface area contributed by atoms with Gasteiger partial charge in [0.25, 0.3) is 0 Å². The van der Waals surface area contributed by atoms with Crippen LogP contribution in [0, 0.1) is 0 Å². The average Bonchev–Trinajstić information content (AvgIpc) is 2.82. The van der Waals surface area contributed by atoms with Gasteiger partial charge in [-0.2, -0.15) is 5.10 Å². The quantitative estimate of drug-likeness (QED) is 0.594. The molecule has 0 bridgehead atoms. The summed E-state index contributed by atoms with van der Waals surface area (Å²) in [6.07, 6.45) is 4.03. The highest BCUT2D eigenvalue weighted by Gasteiger charge is 2.00. The molecule has 104 valence electrons.